The van der Waals surface area contributed by atoms with Crippen LogP contribution in [-0.4, -0.2) is 38.6 Å². The Labute approximate surface area is 168 Å². The Kier molecular flexibility index (Phi) is 6.34. The van der Waals surface area contributed by atoms with Crippen molar-refractivity contribution >= 4 is 11.3 Å². The van der Waals surface area contributed by atoms with Gasteiger partial charge in [-0.1, -0.05) is 24.3 Å². The molecule has 2 aromatic carbocycles. The predicted octanol–water partition coefficient (Wildman–Crippen LogP) is 3.42. The molecule has 0 radical (unpaired) electrons. The molecular formula is C22H25NO4S. The summed E-state index contributed by atoms with van der Waals surface area (Å²) in [6.07, 6.45) is 2.72. The van der Waals surface area contributed by atoms with Crippen molar-refractivity contribution < 1.29 is 20.4 Å². The first-order valence-corrected chi connectivity index (χ1v) is 10.1. The molecule has 0 fully saturated rings. The lowest BCUT2D eigenvalue weighted by Crippen LogP contribution is -2.07. The minimum absolute atomic E-state index is 0.0191. The Morgan fingerprint density at radius 2 is 1.36 bits per heavy atom. The first kappa shape index (κ1) is 20.3. The van der Waals surface area contributed by atoms with Gasteiger partial charge in [-0.15, -0.1) is 11.3 Å². The van der Waals surface area contributed by atoms with Crippen LogP contribution in [-0.2, 0) is 12.8 Å². The molecule has 4 N–H and O–H groups in total. The van der Waals surface area contributed by atoms with E-state index in [0.717, 1.165) is 27.1 Å². The molecule has 28 heavy (non-hydrogen) atoms. The van der Waals surface area contributed by atoms with E-state index in [-0.39, 0.29) is 24.7 Å². The number of hydrogen-bond donors (Lipinski definition) is 4. The average Bonchev–Trinajstić information content (AvgIpc) is 3.18. The highest BCUT2D eigenvalue weighted by Gasteiger charge is 2.26. The monoisotopic (exact) mass is 399 g/mol. The fourth-order valence-electron chi connectivity index (χ4n) is 3.60. The smallest absolute Gasteiger partial charge is 0.122 e. The lowest BCUT2D eigenvalue weighted by atomic mass is 9.84. The molecule has 0 aliphatic rings. The Hall–Kier alpha value is -2.41. The Balaban J connectivity index is 2.26. The van der Waals surface area contributed by atoms with Gasteiger partial charge in [0.05, 0.1) is 11.4 Å². The lowest BCUT2D eigenvalue weighted by Gasteiger charge is -2.22. The molecule has 5 nitrogen and oxygen atoms in total. The summed E-state index contributed by atoms with van der Waals surface area (Å²) in [5, 5.41) is 40.4. The normalized spacial score (nSPS) is 11.3. The zero-order valence-electron chi connectivity index (χ0n) is 16.0. The maximum Gasteiger partial charge on any atom is 0.122 e. The summed E-state index contributed by atoms with van der Waals surface area (Å²) in [6.45, 7) is 3.70. The third-order valence-corrected chi connectivity index (χ3v) is 5.78. The number of benzene rings is 2. The van der Waals surface area contributed by atoms with E-state index in [1.807, 2.05) is 38.1 Å². The fourth-order valence-corrected chi connectivity index (χ4v) is 4.35. The summed E-state index contributed by atoms with van der Waals surface area (Å²) < 4.78 is 0. The van der Waals surface area contributed by atoms with E-state index in [9.17, 15) is 20.4 Å². The Bertz CT molecular complexity index is 892. The molecule has 0 unspecified atom stereocenters. The average molecular weight is 400 g/mol. The summed E-state index contributed by atoms with van der Waals surface area (Å²) in [7, 11) is 0. The van der Waals surface area contributed by atoms with Gasteiger partial charge in [-0.05, 0) is 48.9 Å². The van der Waals surface area contributed by atoms with Crippen LogP contribution in [0.25, 0.3) is 0 Å². The van der Waals surface area contributed by atoms with Gasteiger partial charge in [-0.3, -0.25) is 4.98 Å². The van der Waals surface area contributed by atoms with Crippen LogP contribution in [0.4, 0.5) is 0 Å². The van der Waals surface area contributed by atoms with E-state index in [1.165, 1.54) is 11.3 Å². The third-order valence-electron chi connectivity index (χ3n) is 4.94. The molecule has 0 bridgehead atoms. The largest absolute Gasteiger partial charge is 0.507 e. The molecule has 0 amide bonds. The van der Waals surface area contributed by atoms with E-state index in [4.69, 9.17) is 0 Å². The number of hydrogen-bond acceptors (Lipinski definition) is 6. The Morgan fingerprint density at radius 1 is 0.857 bits per heavy atom. The molecule has 0 aliphatic heterocycles. The minimum atomic E-state index is -0.401. The van der Waals surface area contributed by atoms with Crippen molar-refractivity contribution in [2.45, 2.75) is 32.6 Å². The van der Waals surface area contributed by atoms with Gasteiger partial charge in [0.15, 0.2) is 0 Å². The second kappa shape index (κ2) is 8.73. The molecule has 6 heteroatoms. The van der Waals surface area contributed by atoms with Gasteiger partial charge in [0.25, 0.3) is 0 Å². The van der Waals surface area contributed by atoms with Crippen molar-refractivity contribution in [1.82, 2.24) is 4.98 Å². The maximum absolute atomic E-state index is 10.9. The molecule has 0 aliphatic carbocycles. The van der Waals surface area contributed by atoms with E-state index in [0.29, 0.717) is 24.0 Å². The van der Waals surface area contributed by atoms with Crippen LogP contribution < -0.4 is 0 Å². The summed E-state index contributed by atoms with van der Waals surface area (Å²) in [5.74, 6) is -0.0587. The topological polar surface area (TPSA) is 93.8 Å². The quantitative estimate of drug-likeness (QED) is 0.488. The van der Waals surface area contributed by atoms with Crippen molar-refractivity contribution in [2.75, 3.05) is 13.2 Å². The van der Waals surface area contributed by atoms with Gasteiger partial charge in [0, 0.05) is 35.4 Å². The molecular weight excluding hydrogens is 374 g/mol. The van der Waals surface area contributed by atoms with Crippen LogP contribution in [0, 0.1) is 13.8 Å². The predicted molar refractivity (Wildman–Crippen MR) is 110 cm³/mol. The van der Waals surface area contributed by atoms with E-state index < -0.39 is 5.92 Å². The second-order valence-electron chi connectivity index (χ2n) is 6.99. The zero-order valence-corrected chi connectivity index (χ0v) is 16.8. The van der Waals surface area contributed by atoms with Gasteiger partial charge in [0.1, 0.15) is 11.5 Å². The number of aliphatic hydroxyl groups is 2. The van der Waals surface area contributed by atoms with Gasteiger partial charge < -0.3 is 20.4 Å². The van der Waals surface area contributed by atoms with Gasteiger partial charge in [-0.2, -0.15) is 0 Å². The summed E-state index contributed by atoms with van der Waals surface area (Å²) in [6, 6.07) is 7.50. The van der Waals surface area contributed by atoms with Gasteiger partial charge >= 0.3 is 0 Å². The second-order valence-corrected chi connectivity index (χ2v) is 7.90. The fraction of sp³-hybridized carbons (Fsp3) is 0.318. The number of aryl methyl sites for hydroxylation is 2. The third kappa shape index (κ3) is 4.04. The van der Waals surface area contributed by atoms with Gasteiger partial charge in [-0.25, -0.2) is 0 Å². The first-order valence-electron chi connectivity index (χ1n) is 9.21. The van der Waals surface area contributed by atoms with E-state index in [2.05, 4.69) is 4.98 Å². The van der Waals surface area contributed by atoms with Crippen molar-refractivity contribution in [2.24, 2.45) is 0 Å². The van der Waals surface area contributed by atoms with Gasteiger partial charge in [0.2, 0.25) is 0 Å². The standard InChI is InChI=1S/C22H25NO4S/c1-13-7-15(3-5-24)9-17(21(13)26)20(19-11-23-12-28-19)18-10-16(4-6-25)8-14(2)22(18)27/h7-12,20,24-27H,3-6H2,1-2H3. The highest BCUT2D eigenvalue weighted by atomic mass is 32.1. The zero-order chi connectivity index (χ0) is 20.3. The summed E-state index contributed by atoms with van der Waals surface area (Å²) >= 11 is 1.46. The molecule has 1 heterocycles. The molecule has 1 aromatic heterocycles. The van der Waals surface area contributed by atoms with Crippen molar-refractivity contribution in [3.05, 3.63) is 74.2 Å². The number of phenolic OH excluding ortho intramolecular Hbond substituents is 2. The van der Waals surface area contributed by atoms with Crippen LogP contribution >= 0.6 is 11.3 Å². The Morgan fingerprint density at radius 3 is 1.75 bits per heavy atom. The van der Waals surface area contributed by atoms with Crippen molar-refractivity contribution in [1.29, 1.82) is 0 Å². The van der Waals surface area contributed by atoms with Crippen LogP contribution in [0.5, 0.6) is 11.5 Å². The SMILES string of the molecule is Cc1cc(CCO)cc(C(c2cncs2)c2cc(CCO)cc(C)c2O)c1O. The van der Waals surface area contributed by atoms with Crippen molar-refractivity contribution in [3.63, 3.8) is 0 Å². The molecule has 0 saturated heterocycles. The molecule has 3 aromatic rings. The number of rotatable bonds is 7. The molecule has 0 saturated carbocycles. The number of aromatic nitrogens is 1. The van der Waals surface area contributed by atoms with Crippen LogP contribution in [0.15, 0.2) is 36.0 Å². The molecule has 148 valence electrons. The molecule has 0 spiro atoms. The number of nitrogens with zero attached hydrogens (tertiary/aromatic N) is 1. The van der Waals surface area contributed by atoms with E-state index >= 15 is 0 Å². The molecule has 3 rings (SSSR count). The van der Waals surface area contributed by atoms with Crippen molar-refractivity contribution in [3.8, 4) is 11.5 Å². The number of aliphatic hydroxyl groups excluding tert-OH is 2. The highest BCUT2D eigenvalue weighted by Crippen LogP contribution is 2.44. The first-order chi connectivity index (χ1) is 13.5. The summed E-state index contributed by atoms with van der Waals surface area (Å²) in [5.41, 5.74) is 6.35. The number of aromatic hydroxyl groups is 2. The number of thiazole rings is 1. The maximum atomic E-state index is 10.9. The van der Waals surface area contributed by atoms with E-state index in [1.54, 1.807) is 11.7 Å². The van der Waals surface area contributed by atoms with Crippen LogP contribution in [0.1, 0.15) is 44.2 Å². The summed E-state index contributed by atoms with van der Waals surface area (Å²) in [4.78, 5) is 5.09. The van der Waals surface area contributed by atoms with Crippen LogP contribution in [0.3, 0.4) is 0 Å². The molecule has 0 atom stereocenters. The van der Waals surface area contributed by atoms with Crippen LogP contribution in [0.2, 0.25) is 0 Å². The lowest BCUT2D eigenvalue weighted by molar-refractivity contribution is 0.299. The minimum Gasteiger partial charge on any atom is -0.507 e. The highest BCUT2D eigenvalue weighted by molar-refractivity contribution is 7.09. The number of phenols is 2.